The Morgan fingerprint density at radius 3 is 2.67 bits per heavy atom. The van der Waals surface area contributed by atoms with Gasteiger partial charge in [0.25, 0.3) is 0 Å². The molecule has 134 valence electrons. The highest BCUT2D eigenvalue weighted by atomic mass is 16.5. The number of allylic oxidation sites excluding steroid dienone is 2. The first-order chi connectivity index (χ1) is 11.1. The zero-order valence-corrected chi connectivity index (χ0v) is 15.6. The molecule has 0 aromatic heterocycles. The van der Waals surface area contributed by atoms with Gasteiger partial charge in [-0.2, -0.15) is 0 Å². The van der Waals surface area contributed by atoms with Crippen molar-refractivity contribution in [1.82, 2.24) is 0 Å². The number of aliphatic hydroxyl groups is 1. The number of rotatable bonds is 4. The lowest BCUT2D eigenvalue weighted by atomic mass is 9.47. The van der Waals surface area contributed by atoms with Crippen molar-refractivity contribution in [2.45, 2.75) is 58.5 Å². The first kappa shape index (κ1) is 19.0. The summed E-state index contributed by atoms with van der Waals surface area (Å²) in [5.41, 5.74) is -0.303. The van der Waals surface area contributed by atoms with E-state index in [0.29, 0.717) is 0 Å². The van der Waals surface area contributed by atoms with E-state index in [0.717, 1.165) is 32.1 Å². The lowest BCUT2D eigenvalue weighted by molar-refractivity contribution is -0.166. The largest absolute Gasteiger partial charge is 0.469 e. The molecule has 0 spiro atoms. The number of fused-ring (bicyclic) bond motifs is 1. The molecule has 0 saturated heterocycles. The summed E-state index contributed by atoms with van der Waals surface area (Å²) in [5, 5.41) is 10.2. The maximum Gasteiger partial charge on any atom is 0.311 e. The quantitative estimate of drug-likeness (QED) is 0.612. The molecular formula is C21H32O3. The summed E-state index contributed by atoms with van der Waals surface area (Å²) < 4.78 is 5.15. The SMILES string of the molecule is C=CC(C)(O)C=CC1C(=C)CCC2C(C)(C(=O)OC)CCCC12C. The molecule has 5 unspecified atom stereocenters. The average Bonchev–Trinajstić information content (AvgIpc) is 2.53. The van der Waals surface area contributed by atoms with Gasteiger partial charge in [-0.25, -0.2) is 0 Å². The number of esters is 1. The van der Waals surface area contributed by atoms with Crippen molar-refractivity contribution in [3.63, 3.8) is 0 Å². The van der Waals surface area contributed by atoms with Crippen LogP contribution in [0, 0.1) is 22.7 Å². The molecule has 0 bridgehead atoms. The average molecular weight is 332 g/mol. The minimum absolute atomic E-state index is 0.0374. The molecule has 0 amide bonds. The van der Waals surface area contributed by atoms with E-state index >= 15 is 0 Å². The summed E-state index contributed by atoms with van der Waals surface area (Å²) in [4.78, 5) is 12.5. The standard InChI is InChI=1S/C21H32O3/c1-7-19(3,23)14-11-16-15(2)9-10-17-20(16,4)12-8-13-21(17,5)18(22)24-6/h7,11,14,16-17,23H,1-2,8-10,12-13H2,3-6H3. The normalized spacial score (nSPS) is 39.1. The van der Waals surface area contributed by atoms with Gasteiger partial charge < -0.3 is 9.84 Å². The molecule has 1 N–H and O–H groups in total. The third kappa shape index (κ3) is 3.11. The molecule has 3 nitrogen and oxygen atoms in total. The number of carbonyl (C=O) groups excluding carboxylic acids is 1. The van der Waals surface area contributed by atoms with Gasteiger partial charge >= 0.3 is 5.97 Å². The third-order valence-electron chi connectivity index (χ3n) is 6.57. The fourth-order valence-electron chi connectivity index (χ4n) is 5.08. The molecular weight excluding hydrogens is 300 g/mol. The van der Waals surface area contributed by atoms with Crippen LogP contribution in [0.25, 0.3) is 0 Å². The molecule has 0 aliphatic heterocycles. The highest BCUT2D eigenvalue weighted by molar-refractivity contribution is 5.77. The fraction of sp³-hybridized carbons (Fsp3) is 0.667. The van der Waals surface area contributed by atoms with Crippen molar-refractivity contribution in [3.05, 3.63) is 37.0 Å². The minimum Gasteiger partial charge on any atom is -0.469 e. The molecule has 0 aromatic rings. The molecule has 2 saturated carbocycles. The first-order valence-corrected chi connectivity index (χ1v) is 8.92. The third-order valence-corrected chi connectivity index (χ3v) is 6.57. The van der Waals surface area contributed by atoms with Gasteiger partial charge in [-0.3, -0.25) is 4.79 Å². The Labute approximate surface area is 146 Å². The Hall–Kier alpha value is -1.35. The maximum absolute atomic E-state index is 12.5. The summed E-state index contributed by atoms with van der Waals surface area (Å²) in [7, 11) is 1.49. The Morgan fingerprint density at radius 2 is 2.08 bits per heavy atom. The van der Waals surface area contributed by atoms with Crippen molar-refractivity contribution < 1.29 is 14.6 Å². The van der Waals surface area contributed by atoms with Gasteiger partial charge in [0.15, 0.2) is 0 Å². The van der Waals surface area contributed by atoms with E-state index in [2.05, 4.69) is 33.1 Å². The van der Waals surface area contributed by atoms with Crippen LogP contribution >= 0.6 is 0 Å². The molecule has 0 radical (unpaired) electrons. The van der Waals surface area contributed by atoms with E-state index in [4.69, 9.17) is 4.74 Å². The van der Waals surface area contributed by atoms with E-state index in [-0.39, 0.29) is 23.2 Å². The van der Waals surface area contributed by atoms with Crippen LogP contribution in [0.15, 0.2) is 37.0 Å². The zero-order valence-electron chi connectivity index (χ0n) is 15.6. The van der Waals surface area contributed by atoms with Crippen molar-refractivity contribution in [2.24, 2.45) is 22.7 Å². The highest BCUT2D eigenvalue weighted by Gasteiger charge is 2.57. The van der Waals surface area contributed by atoms with Gasteiger partial charge in [0.1, 0.15) is 0 Å². The van der Waals surface area contributed by atoms with Gasteiger partial charge in [-0.05, 0) is 50.9 Å². The molecule has 0 heterocycles. The molecule has 5 atom stereocenters. The van der Waals surface area contributed by atoms with Crippen LogP contribution in [0.5, 0.6) is 0 Å². The second kappa shape index (κ2) is 6.51. The van der Waals surface area contributed by atoms with Gasteiger partial charge in [0, 0.05) is 5.92 Å². The minimum atomic E-state index is -1.02. The van der Waals surface area contributed by atoms with Gasteiger partial charge in [0.05, 0.1) is 18.1 Å². The number of ether oxygens (including phenoxy) is 1. The van der Waals surface area contributed by atoms with Crippen LogP contribution in [0.3, 0.4) is 0 Å². The van der Waals surface area contributed by atoms with Crippen LogP contribution in [0.2, 0.25) is 0 Å². The van der Waals surface area contributed by atoms with Crippen LogP contribution in [0.1, 0.15) is 52.9 Å². The molecule has 0 aromatic carbocycles. The molecule has 24 heavy (non-hydrogen) atoms. The van der Waals surface area contributed by atoms with Crippen LogP contribution in [-0.2, 0) is 9.53 Å². The van der Waals surface area contributed by atoms with Gasteiger partial charge in [-0.15, -0.1) is 0 Å². The summed E-state index contributed by atoms with van der Waals surface area (Å²) >= 11 is 0. The van der Waals surface area contributed by atoms with Gasteiger partial charge in [-0.1, -0.05) is 50.3 Å². The maximum atomic E-state index is 12.5. The van der Waals surface area contributed by atoms with E-state index in [9.17, 15) is 9.90 Å². The monoisotopic (exact) mass is 332 g/mol. The Bertz CT molecular complexity index is 559. The smallest absolute Gasteiger partial charge is 0.311 e. The summed E-state index contributed by atoms with van der Waals surface area (Å²) in [6, 6.07) is 0. The second-order valence-corrected chi connectivity index (χ2v) is 8.28. The molecule has 3 heteroatoms. The highest BCUT2D eigenvalue weighted by Crippen LogP contribution is 2.61. The zero-order chi connectivity index (χ0) is 18.2. The summed E-state index contributed by atoms with van der Waals surface area (Å²) in [5.74, 6) is 0.332. The number of carbonyl (C=O) groups is 1. The topological polar surface area (TPSA) is 46.5 Å². The molecule has 2 rings (SSSR count). The first-order valence-electron chi connectivity index (χ1n) is 8.92. The number of methoxy groups -OCH3 is 1. The lowest BCUT2D eigenvalue weighted by Crippen LogP contribution is -2.53. The van der Waals surface area contributed by atoms with Crippen LogP contribution in [0.4, 0.5) is 0 Å². The number of hydrogen-bond acceptors (Lipinski definition) is 3. The van der Waals surface area contributed by atoms with Gasteiger partial charge in [0.2, 0.25) is 0 Å². The second-order valence-electron chi connectivity index (χ2n) is 8.28. The van der Waals surface area contributed by atoms with Crippen molar-refractivity contribution in [2.75, 3.05) is 7.11 Å². The predicted octanol–water partition coefficient (Wildman–Crippen LogP) is 4.43. The van der Waals surface area contributed by atoms with E-state index in [1.807, 2.05) is 6.08 Å². The van der Waals surface area contributed by atoms with E-state index < -0.39 is 11.0 Å². The Balaban J connectivity index is 2.41. The molecule has 2 fully saturated rings. The van der Waals surface area contributed by atoms with Crippen molar-refractivity contribution >= 4 is 5.97 Å². The number of hydrogen-bond donors (Lipinski definition) is 1. The summed E-state index contributed by atoms with van der Waals surface area (Å²) in [6.45, 7) is 14.0. The van der Waals surface area contributed by atoms with E-state index in [1.165, 1.54) is 18.8 Å². The van der Waals surface area contributed by atoms with Crippen LogP contribution < -0.4 is 0 Å². The predicted molar refractivity (Wildman–Crippen MR) is 97.4 cm³/mol. The lowest BCUT2D eigenvalue weighted by Gasteiger charge is -2.57. The van der Waals surface area contributed by atoms with Crippen molar-refractivity contribution in [3.8, 4) is 0 Å². The van der Waals surface area contributed by atoms with Crippen LogP contribution in [-0.4, -0.2) is 23.8 Å². The molecule has 2 aliphatic carbocycles. The Kier molecular flexibility index (Phi) is 5.15. The molecule has 2 aliphatic rings. The fourth-order valence-corrected chi connectivity index (χ4v) is 5.08. The summed E-state index contributed by atoms with van der Waals surface area (Å²) in [6.07, 6.45) is 10.3. The van der Waals surface area contributed by atoms with Crippen molar-refractivity contribution in [1.29, 1.82) is 0 Å². The Morgan fingerprint density at radius 1 is 1.42 bits per heavy atom. The van der Waals surface area contributed by atoms with E-state index in [1.54, 1.807) is 6.92 Å².